The number of piperidine rings is 1. The second-order valence-corrected chi connectivity index (χ2v) is 7.66. The van der Waals surface area contributed by atoms with E-state index in [1.54, 1.807) is 0 Å². The van der Waals surface area contributed by atoms with Gasteiger partial charge in [0.05, 0.1) is 11.9 Å². The number of nitrogens with one attached hydrogen (secondary N) is 1. The standard InChI is InChI=1S/C14H16F3N5O3S/c1-9-12(13(21-20-9)14(15,16)17)26(23,24)22-6-2-10(3-7-22)25-11-8-18-4-5-19-11/h4-5,8,10H,2-3,6-7H2,1H3,(H,20,21). The number of halogens is 3. The monoisotopic (exact) mass is 391 g/mol. The van der Waals surface area contributed by atoms with Gasteiger partial charge >= 0.3 is 6.18 Å². The summed E-state index contributed by atoms with van der Waals surface area (Å²) in [6, 6.07) is 0. The largest absolute Gasteiger partial charge is 0.473 e. The van der Waals surface area contributed by atoms with Gasteiger partial charge in [0.25, 0.3) is 0 Å². The maximum absolute atomic E-state index is 13.1. The summed E-state index contributed by atoms with van der Waals surface area (Å²) in [7, 11) is -4.32. The van der Waals surface area contributed by atoms with Gasteiger partial charge in [0.1, 0.15) is 11.0 Å². The first-order chi connectivity index (χ1) is 12.2. The molecule has 3 rings (SSSR count). The second-order valence-electron chi connectivity index (χ2n) is 5.79. The molecule has 1 fully saturated rings. The first kappa shape index (κ1) is 18.6. The van der Waals surface area contributed by atoms with Crippen molar-refractivity contribution in [3.8, 4) is 5.88 Å². The van der Waals surface area contributed by atoms with E-state index in [2.05, 4.69) is 20.2 Å². The van der Waals surface area contributed by atoms with E-state index < -0.39 is 26.8 Å². The van der Waals surface area contributed by atoms with E-state index in [1.165, 1.54) is 25.5 Å². The smallest absolute Gasteiger partial charge is 0.436 e. The Bertz CT molecular complexity index is 862. The molecule has 0 atom stereocenters. The minimum absolute atomic E-state index is 0.0369. The number of ether oxygens (including phenoxy) is 1. The van der Waals surface area contributed by atoms with Crippen molar-refractivity contribution < 1.29 is 26.3 Å². The molecule has 0 aliphatic carbocycles. The lowest BCUT2D eigenvalue weighted by molar-refractivity contribution is -0.143. The Morgan fingerprint density at radius 3 is 2.54 bits per heavy atom. The van der Waals surface area contributed by atoms with Gasteiger partial charge in [-0.2, -0.15) is 22.6 Å². The van der Waals surface area contributed by atoms with E-state index in [9.17, 15) is 21.6 Å². The minimum Gasteiger partial charge on any atom is -0.473 e. The Kier molecular flexibility index (Phi) is 4.88. The van der Waals surface area contributed by atoms with Gasteiger partial charge in [0.15, 0.2) is 5.69 Å². The van der Waals surface area contributed by atoms with Crippen LogP contribution in [0.5, 0.6) is 5.88 Å². The summed E-state index contributed by atoms with van der Waals surface area (Å²) in [5, 5.41) is 5.24. The molecule has 1 aliphatic rings. The SMILES string of the molecule is Cc1[nH]nc(C(F)(F)F)c1S(=O)(=O)N1CCC(Oc2cnccn2)CC1. The molecule has 8 nitrogen and oxygen atoms in total. The fraction of sp³-hybridized carbons (Fsp3) is 0.500. The summed E-state index contributed by atoms with van der Waals surface area (Å²) in [5.74, 6) is 0.318. The molecule has 1 saturated heterocycles. The van der Waals surface area contributed by atoms with E-state index in [4.69, 9.17) is 4.74 Å². The molecule has 2 aromatic heterocycles. The lowest BCUT2D eigenvalue weighted by Gasteiger charge is -2.31. The van der Waals surface area contributed by atoms with Crippen LogP contribution in [0.4, 0.5) is 13.2 Å². The van der Waals surface area contributed by atoms with Crippen molar-refractivity contribution in [2.24, 2.45) is 0 Å². The Balaban J connectivity index is 1.74. The Hall–Kier alpha value is -2.21. The third-order valence-corrected chi connectivity index (χ3v) is 6.05. The number of sulfonamides is 1. The number of nitrogens with zero attached hydrogens (tertiary/aromatic N) is 4. The lowest BCUT2D eigenvalue weighted by Crippen LogP contribution is -2.42. The number of rotatable bonds is 4. The maximum Gasteiger partial charge on any atom is 0.436 e. The summed E-state index contributed by atoms with van der Waals surface area (Å²) in [4.78, 5) is 7.03. The third kappa shape index (κ3) is 3.65. The van der Waals surface area contributed by atoms with E-state index >= 15 is 0 Å². The van der Waals surface area contributed by atoms with Gasteiger partial charge in [0, 0.05) is 25.5 Å². The quantitative estimate of drug-likeness (QED) is 0.852. The van der Waals surface area contributed by atoms with Gasteiger partial charge in [-0.3, -0.25) is 10.1 Å². The van der Waals surface area contributed by atoms with E-state index in [0.717, 1.165) is 4.31 Å². The topological polar surface area (TPSA) is 101 Å². The molecule has 142 valence electrons. The van der Waals surface area contributed by atoms with Crippen LogP contribution in [-0.4, -0.2) is 52.1 Å². The van der Waals surface area contributed by atoms with Crippen LogP contribution in [0, 0.1) is 6.92 Å². The predicted octanol–water partition coefficient (Wildman–Crippen LogP) is 1.76. The molecule has 0 unspecified atom stereocenters. The molecule has 0 saturated carbocycles. The second kappa shape index (κ2) is 6.83. The van der Waals surface area contributed by atoms with Crippen LogP contribution < -0.4 is 4.74 Å². The molecule has 3 heterocycles. The highest BCUT2D eigenvalue weighted by Gasteiger charge is 2.44. The van der Waals surface area contributed by atoms with Gasteiger partial charge in [-0.15, -0.1) is 0 Å². The van der Waals surface area contributed by atoms with Crippen LogP contribution in [0.1, 0.15) is 24.2 Å². The summed E-state index contributed by atoms with van der Waals surface area (Å²) in [6.45, 7) is 1.32. The zero-order chi connectivity index (χ0) is 18.9. The number of aromatic nitrogens is 4. The van der Waals surface area contributed by atoms with E-state index in [0.29, 0.717) is 18.7 Å². The normalized spacial score (nSPS) is 17.4. The summed E-state index contributed by atoms with van der Waals surface area (Å²) >= 11 is 0. The van der Waals surface area contributed by atoms with Crippen LogP contribution in [0.2, 0.25) is 0 Å². The third-order valence-electron chi connectivity index (χ3n) is 3.99. The molecule has 0 spiro atoms. The number of aryl methyl sites for hydroxylation is 1. The van der Waals surface area contributed by atoms with Crippen LogP contribution >= 0.6 is 0 Å². The number of hydrogen-bond donors (Lipinski definition) is 1. The Morgan fingerprint density at radius 2 is 1.96 bits per heavy atom. The van der Waals surface area contributed by atoms with Gasteiger partial charge in [-0.05, 0) is 19.8 Å². The van der Waals surface area contributed by atoms with Crippen molar-refractivity contribution in [1.29, 1.82) is 0 Å². The fourth-order valence-electron chi connectivity index (χ4n) is 2.76. The highest BCUT2D eigenvalue weighted by atomic mass is 32.2. The summed E-state index contributed by atoms with van der Waals surface area (Å²) in [6.07, 6.45) is -0.0929. The lowest BCUT2D eigenvalue weighted by atomic mass is 10.1. The van der Waals surface area contributed by atoms with Crippen molar-refractivity contribution in [3.63, 3.8) is 0 Å². The van der Waals surface area contributed by atoms with E-state index in [1.807, 2.05) is 0 Å². The molecule has 12 heteroatoms. The molecular formula is C14H16F3N5O3S. The molecule has 0 amide bonds. The zero-order valence-electron chi connectivity index (χ0n) is 13.7. The predicted molar refractivity (Wildman–Crippen MR) is 82.8 cm³/mol. The molecule has 1 N–H and O–H groups in total. The molecule has 26 heavy (non-hydrogen) atoms. The van der Waals surface area contributed by atoms with Gasteiger partial charge in [-0.1, -0.05) is 0 Å². The molecule has 1 aliphatic heterocycles. The van der Waals surface area contributed by atoms with Crippen molar-refractivity contribution in [1.82, 2.24) is 24.5 Å². The van der Waals surface area contributed by atoms with Crippen molar-refractivity contribution in [2.75, 3.05) is 13.1 Å². The highest BCUT2D eigenvalue weighted by molar-refractivity contribution is 7.89. The van der Waals surface area contributed by atoms with Crippen molar-refractivity contribution >= 4 is 10.0 Å². The van der Waals surface area contributed by atoms with E-state index in [-0.39, 0.29) is 24.9 Å². The van der Waals surface area contributed by atoms with Crippen LogP contribution in [0.15, 0.2) is 23.5 Å². The average molecular weight is 391 g/mol. The number of H-pyrrole nitrogens is 1. The summed E-state index contributed by atoms with van der Waals surface area (Å²) < 4.78 is 71.2. The first-order valence-electron chi connectivity index (χ1n) is 7.74. The van der Waals surface area contributed by atoms with Crippen LogP contribution in [0.25, 0.3) is 0 Å². The Morgan fingerprint density at radius 1 is 1.27 bits per heavy atom. The first-order valence-corrected chi connectivity index (χ1v) is 9.18. The zero-order valence-corrected chi connectivity index (χ0v) is 14.5. The number of aromatic amines is 1. The molecule has 0 aromatic carbocycles. The van der Waals surface area contributed by atoms with Crippen LogP contribution in [0.3, 0.4) is 0 Å². The number of alkyl halides is 3. The highest BCUT2D eigenvalue weighted by Crippen LogP contribution is 2.36. The van der Waals surface area contributed by atoms with Crippen molar-refractivity contribution in [3.05, 3.63) is 30.0 Å². The molecule has 0 radical (unpaired) electrons. The molecular weight excluding hydrogens is 375 g/mol. The van der Waals surface area contributed by atoms with Gasteiger partial charge in [-0.25, -0.2) is 13.4 Å². The maximum atomic E-state index is 13.1. The number of hydrogen-bond acceptors (Lipinski definition) is 6. The van der Waals surface area contributed by atoms with Gasteiger partial charge < -0.3 is 4.74 Å². The van der Waals surface area contributed by atoms with Crippen LogP contribution in [-0.2, 0) is 16.2 Å². The van der Waals surface area contributed by atoms with Gasteiger partial charge in [0.2, 0.25) is 15.9 Å². The Labute approximate surface area is 147 Å². The fourth-order valence-corrected chi connectivity index (χ4v) is 4.55. The van der Waals surface area contributed by atoms with Crippen molar-refractivity contribution in [2.45, 2.75) is 36.9 Å². The molecule has 0 bridgehead atoms. The molecule has 2 aromatic rings. The minimum atomic E-state index is -4.86. The summed E-state index contributed by atoms with van der Waals surface area (Å²) in [5.41, 5.74) is -1.57. The average Bonchev–Trinajstić information content (AvgIpc) is 2.99.